The van der Waals surface area contributed by atoms with Crippen molar-refractivity contribution < 1.29 is 56.3 Å². The van der Waals surface area contributed by atoms with E-state index in [0.29, 0.717) is 67.5 Å². The lowest BCUT2D eigenvalue weighted by atomic mass is 9.82. The molecule has 0 saturated carbocycles. The quantitative estimate of drug-likeness (QED) is 0.0190. The maximum atomic E-state index is 14.7. The van der Waals surface area contributed by atoms with Gasteiger partial charge in [0.15, 0.2) is 0 Å². The molecular weight excluding hydrogens is 763 g/mol. The lowest BCUT2D eigenvalue weighted by Crippen LogP contribution is -2.15. The summed E-state index contributed by atoms with van der Waals surface area (Å²) in [6, 6.07) is 20.1. The van der Waals surface area contributed by atoms with Crippen LogP contribution >= 0.6 is 0 Å². The van der Waals surface area contributed by atoms with Crippen LogP contribution in [0.2, 0.25) is 0 Å². The van der Waals surface area contributed by atoms with E-state index in [2.05, 4.69) is 27.0 Å². The highest BCUT2D eigenvalue weighted by molar-refractivity contribution is 5.89. The number of hydrogen-bond donors (Lipinski definition) is 0. The van der Waals surface area contributed by atoms with Crippen LogP contribution in [0, 0.1) is 11.6 Å². The van der Waals surface area contributed by atoms with Gasteiger partial charge in [0.05, 0.1) is 32.7 Å². The number of halogens is 2. The van der Waals surface area contributed by atoms with Gasteiger partial charge in [-0.05, 0) is 109 Å². The minimum Gasteiger partial charge on any atom is -0.493 e. The minimum atomic E-state index is -0.664. The summed E-state index contributed by atoms with van der Waals surface area (Å²) in [5.41, 5.74) is 4.04. The molecule has 0 saturated heterocycles. The Labute approximate surface area is 342 Å². The number of carbonyl (C=O) groups excluding carboxylic acids is 3. The number of benzene rings is 4. The molecule has 308 valence electrons. The summed E-state index contributed by atoms with van der Waals surface area (Å²) in [7, 11) is 0. The van der Waals surface area contributed by atoms with E-state index in [0.717, 1.165) is 34.4 Å². The predicted molar refractivity (Wildman–Crippen MR) is 219 cm³/mol. The third-order valence-electron chi connectivity index (χ3n) is 9.25. The van der Waals surface area contributed by atoms with Gasteiger partial charge in [-0.25, -0.2) is 23.2 Å². The first-order chi connectivity index (χ1) is 28.5. The normalized spacial score (nSPS) is 12.3. The summed E-state index contributed by atoms with van der Waals surface area (Å²) in [5.74, 6) is -0.998. The van der Waals surface area contributed by atoms with Crippen molar-refractivity contribution in [3.63, 3.8) is 0 Å². The molecule has 0 fully saturated rings. The van der Waals surface area contributed by atoms with E-state index >= 15 is 0 Å². The SMILES string of the molecule is C=CC(=O)OCCCCOc1ccc(C=COCOc2ccc3c(c2)C(C)(C)c2cc(OC(=O)C=Cc4ccc(OCCCCOC(=O)C=C)cc4F)ccc2-3)c(F)c1. The van der Waals surface area contributed by atoms with Gasteiger partial charge in [-0.2, -0.15) is 0 Å². The van der Waals surface area contributed by atoms with Crippen molar-refractivity contribution in [1.29, 1.82) is 0 Å². The molecule has 0 spiro atoms. The Morgan fingerprint density at radius 1 is 0.593 bits per heavy atom. The molecule has 0 atom stereocenters. The summed E-state index contributed by atoms with van der Waals surface area (Å²) in [6.07, 6.45) is 10.0. The van der Waals surface area contributed by atoms with E-state index in [1.54, 1.807) is 24.3 Å². The molecule has 0 aliphatic heterocycles. The number of carbonyl (C=O) groups is 3. The predicted octanol–water partition coefficient (Wildman–Crippen LogP) is 9.69. The average Bonchev–Trinajstić information content (AvgIpc) is 3.44. The topological polar surface area (TPSA) is 116 Å². The molecule has 10 nitrogen and oxygen atoms in total. The van der Waals surface area contributed by atoms with E-state index < -0.39 is 35.0 Å². The number of hydrogen-bond acceptors (Lipinski definition) is 10. The number of fused-ring (bicyclic) bond motifs is 3. The van der Waals surface area contributed by atoms with E-state index in [1.807, 2.05) is 30.3 Å². The van der Waals surface area contributed by atoms with E-state index in [1.165, 1.54) is 42.7 Å². The lowest BCUT2D eigenvalue weighted by molar-refractivity contribution is -0.138. The van der Waals surface area contributed by atoms with Crippen LogP contribution in [0.15, 0.2) is 110 Å². The van der Waals surface area contributed by atoms with Crippen molar-refractivity contribution >= 4 is 30.1 Å². The molecule has 1 aliphatic carbocycles. The Balaban J connectivity index is 1.07. The summed E-state index contributed by atoms with van der Waals surface area (Å²) < 4.78 is 67.3. The van der Waals surface area contributed by atoms with Gasteiger partial charge in [0.25, 0.3) is 0 Å². The van der Waals surface area contributed by atoms with Crippen LogP contribution in [-0.2, 0) is 34.0 Å². The number of unbranched alkanes of at least 4 members (excludes halogenated alkanes) is 2. The second kappa shape index (κ2) is 21.2. The van der Waals surface area contributed by atoms with Gasteiger partial charge >= 0.3 is 17.9 Å². The lowest BCUT2D eigenvalue weighted by Gasteiger charge is -2.22. The van der Waals surface area contributed by atoms with Gasteiger partial charge in [0.2, 0.25) is 6.79 Å². The van der Waals surface area contributed by atoms with Gasteiger partial charge < -0.3 is 33.2 Å². The monoisotopic (exact) mass is 808 g/mol. The third kappa shape index (κ3) is 12.4. The van der Waals surface area contributed by atoms with Crippen molar-refractivity contribution in [2.45, 2.75) is 44.9 Å². The van der Waals surface area contributed by atoms with E-state index in [4.69, 9.17) is 33.2 Å². The molecule has 0 aromatic heterocycles. The van der Waals surface area contributed by atoms with Crippen LogP contribution in [0.3, 0.4) is 0 Å². The van der Waals surface area contributed by atoms with Crippen LogP contribution in [0.4, 0.5) is 8.78 Å². The van der Waals surface area contributed by atoms with Crippen molar-refractivity contribution in [1.82, 2.24) is 0 Å². The highest BCUT2D eigenvalue weighted by Gasteiger charge is 2.36. The number of rotatable bonds is 22. The average molecular weight is 809 g/mol. The van der Waals surface area contributed by atoms with Gasteiger partial charge in [-0.15, -0.1) is 0 Å². The molecule has 59 heavy (non-hydrogen) atoms. The molecule has 4 aromatic carbocycles. The molecular formula is C47H46F2O10. The zero-order chi connectivity index (χ0) is 42.2. The van der Waals surface area contributed by atoms with Gasteiger partial charge in [-0.3, -0.25) is 0 Å². The molecule has 1 aliphatic rings. The minimum absolute atomic E-state index is 0.110. The fraction of sp³-hybridized carbons (Fsp3) is 0.255. The Morgan fingerprint density at radius 2 is 1.07 bits per heavy atom. The van der Waals surface area contributed by atoms with Crippen LogP contribution in [0.25, 0.3) is 23.3 Å². The standard InChI is InChI=1S/C47H46F2O10/c1-5-44(50)56-24-9-7-22-54-35-14-11-32(42(48)29-35)13-20-46(52)59-37-17-19-39-38-18-16-34(27-40(38)47(3,4)41(39)28-37)58-31-53-26-21-33-12-15-36(30-43(33)49)55-23-8-10-25-57-45(51)6-2/h5-6,11-21,26-30H,1-2,7-10,22-25,31H2,3-4H3. The first-order valence-corrected chi connectivity index (χ1v) is 19.0. The van der Waals surface area contributed by atoms with Gasteiger partial charge in [0, 0.05) is 46.9 Å². The first-order valence-electron chi connectivity index (χ1n) is 19.0. The van der Waals surface area contributed by atoms with Crippen LogP contribution in [0.1, 0.15) is 61.8 Å². The fourth-order valence-corrected chi connectivity index (χ4v) is 6.14. The van der Waals surface area contributed by atoms with E-state index in [9.17, 15) is 23.2 Å². The zero-order valence-electron chi connectivity index (χ0n) is 33.0. The van der Waals surface area contributed by atoms with Crippen LogP contribution < -0.4 is 18.9 Å². The zero-order valence-corrected chi connectivity index (χ0v) is 33.0. The smallest absolute Gasteiger partial charge is 0.336 e. The molecule has 0 N–H and O–H groups in total. The highest BCUT2D eigenvalue weighted by atomic mass is 19.1. The molecule has 12 heteroatoms. The fourth-order valence-electron chi connectivity index (χ4n) is 6.14. The van der Waals surface area contributed by atoms with Crippen LogP contribution in [-0.4, -0.2) is 51.1 Å². The first kappa shape index (κ1) is 43.4. The van der Waals surface area contributed by atoms with Gasteiger partial charge in [0.1, 0.15) is 34.6 Å². The number of ether oxygens (including phenoxy) is 7. The molecule has 0 amide bonds. The largest absolute Gasteiger partial charge is 0.493 e. The Morgan fingerprint density at radius 3 is 1.61 bits per heavy atom. The Bertz CT molecular complexity index is 2210. The molecule has 0 unspecified atom stereocenters. The van der Waals surface area contributed by atoms with Crippen LogP contribution in [0.5, 0.6) is 23.0 Å². The third-order valence-corrected chi connectivity index (χ3v) is 9.25. The Kier molecular flexibility index (Phi) is 15.6. The van der Waals surface area contributed by atoms with Crippen molar-refractivity contribution in [3.8, 4) is 34.1 Å². The highest BCUT2D eigenvalue weighted by Crippen LogP contribution is 2.50. The van der Waals surface area contributed by atoms with Crippen molar-refractivity contribution in [2.75, 3.05) is 33.2 Å². The molecule has 0 radical (unpaired) electrons. The summed E-state index contributed by atoms with van der Waals surface area (Å²) >= 11 is 0. The Hall–Kier alpha value is -6.69. The second-order valence-corrected chi connectivity index (χ2v) is 13.7. The maximum absolute atomic E-state index is 14.7. The molecule has 5 rings (SSSR count). The summed E-state index contributed by atoms with van der Waals surface area (Å²) in [4.78, 5) is 34.9. The molecule has 4 aromatic rings. The molecule has 0 bridgehead atoms. The number of esters is 3. The summed E-state index contributed by atoms with van der Waals surface area (Å²) in [6.45, 7) is 11.9. The maximum Gasteiger partial charge on any atom is 0.336 e. The van der Waals surface area contributed by atoms with Gasteiger partial charge in [-0.1, -0.05) is 39.1 Å². The molecule has 0 heterocycles. The van der Waals surface area contributed by atoms with E-state index in [-0.39, 0.29) is 25.6 Å². The summed E-state index contributed by atoms with van der Waals surface area (Å²) in [5, 5.41) is 0. The second-order valence-electron chi connectivity index (χ2n) is 13.7. The van der Waals surface area contributed by atoms with Crippen molar-refractivity contribution in [2.24, 2.45) is 0 Å². The van der Waals surface area contributed by atoms with Crippen molar-refractivity contribution in [3.05, 3.63) is 144 Å².